The summed E-state index contributed by atoms with van der Waals surface area (Å²) in [5.41, 5.74) is 0.0863. The van der Waals surface area contributed by atoms with Crippen LogP contribution in [-0.4, -0.2) is 18.5 Å². The van der Waals surface area contributed by atoms with Crippen molar-refractivity contribution in [1.29, 1.82) is 0 Å². The number of benzene rings is 2. The van der Waals surface area contributed by atoms with Crippen LogP contribution in [0, 0.1) is 0 Å². The van der Waals surface area contributed by atoms with Crippen LogP contribution in [0.2, 0.25) is 0 Å². The molecule has 0 unspecified atom stereocenters. The highest BCUT2D eigenvalue weighted by Gasteiger charge is 2.14. The van der Waals surface area contributed by atoms with Gasteiger partial charge >= 0.3 is 11.9 Å². The van der Waals surface area contributed by atoms with E-state index in [0.717, 1.165) is 9.40 Å². The van der Waals surface area contributed by atoms with E-state index in [0.29, 0.717) is 10.8 Å². The maximum Gasteiger partial charge on any atom is 0.333 e. The molecule has 0 saturated heterocycles. The van der Waals surface area contributed by atoms with Crippen molar-refractivity contribution in [3.8, 4) is 5.75 Å². The second kappa shape index (κ2) is 7.49. The minimum atomic E-state index is -0.579. The molecule has 5 nitrogen and oxygen atoms in total. The normalized spacial score (nSPS) is 10.7. The van der Waals surface area contributed by atoms with Crippen LogP contribution in [0.3, 0.4) is 0 Å². The summed E-state index contributed by atoms with van der Waals surface area (Å²) in [7, 11) is 0. The van der Waals surface area contributed by atoms with Gasteiger partial charge in [-0.1, -0.05) is 24.8 Å². The fourth-order valence-electron chi connectivity index (χ4n) is 2.43. The van der Waals surface area contributed by atoms with Gasteiger partial charge in [0, 0.05) is 20.4 Å². The molecule has 0 fully saturated rings. The molecular weight excluding hydrogens is 352 g/mol. The quantitative estimate of drug-likeness (QED) is 0.296. The number of esters is 2. The monoisotopic (exact) mass is 368 g/mol. The summed E-state index contributed by atoms with van der Waals surface area (Å²) >= 11 is 1.46. The summed E-state index contributed by atoms with van der Waals surface area (Å²) in [5.74, 6) is -0.923. The summed E-state index contributed by atoms with van der Waals surface area (Å²) in [5, 5.41) is 0.965. The highest BCUT2D eigenvalue weighted by molar-refractivity contribution is 7.24. The van der Waals surface area contributed by atoms with Crippen molar-refractivity contribution in [2.75, 3.05) is 6.61 Å². The summed E-state index contributed by atoms with van der Waals surface area (Å²) < 4.78 is 11.9. The molecule has 0 atom stereocenters. The first kappa shape index (κ1) is 17.8. The lowest BCUT2D eigenvalue weighted by atomic mass is 10.1. The van der Waals surface area contributed by atoms with E-state index in [9.17, 15) is 14.4 Å². The van der Waals surface area contributed by atoms with E-state index in [2.05, 4.69) is 6.58 Å². The molecule has 1 heterocycles. The van der Waals surface area contributed by atoms with Crippen molar-refractivity contribution < 1.29 is 19.1 Å². The zero-order valence-electron chi connectivity index (χ0n) is 14.1. The largest absolute Gasteiger partial charge is 0.462 e. The highest BCUT2D eigenvalue weighted by atomic mass is 32.1. The Bertz CT molecular complexity index is 1080. The molecule has 3 aromatic rings. The molecule has 26 heavy (non-hydrogen) atoms. The lowest BCUT2D eigenvalue weighted by Gasteiger charge is -2.08. The van der Waals surface area contributed by atoms with Crippen molar-refractivity contribution in [1.82, 2.24) is 0 Å². The number of rotatable bonds is 5. The topological polar surface area (TPSA) is 69.7 Å². The molecule has 0 saturated carbocycles. The zero-order chi connectivity index (χ0) is 18.7. The summed E-state index contributed by atoms with van der Waals surface area (Å²) in [6, 6.07) is 12.4. The molecule has 0 spiro atoms. The molecule has 1 aromatic heterocycles. The second-order valence-electron chi connectivity index (χ2n) is 5.70. The maximum absolute atomic E-state index is 12.8. The smallest absolute Gasteiger partial charge is 0.333 e. The molecule has 0 N–H and O–H groups in total. The molecule has 0 amide bonds. The van der Waals surface area contributed by atoms with E-state index in [1.54, 1.807) is 24.3 Å². The Kier molecular flexibility index (Phi) is 5.14. The zero-order valence-corrected chi connectivity index (χ0v) is 14.9. The van der Waals surface area contributed by atoms with Gasteiger partial charge in [-0.15, -0.1) is 11.3 Å². The van der Waals surface area contributed by atoms with Crippen LogP contribution >= 0.6 is 11.3 Å². The van der Waals surface area contributed by atoms with Gasteiger partial charge in [0.15, 0.2) is 5.43 Å². The fraction of sp³-hybridized carbons (Fsp3) is 0.150. The molecule has 0 bridgehead atoms. The number of hydrogen-bond donors (Lipinski definition) is 0. The van der Waals surface area contributed by atoms with Crippen LogP contribution in [0.25, 0.3) is 20.2 Å². The van der Waals surface area contributed by atoms with E-state index < -0.39 is 11.9 Å². The molecule has 0 radical (unpaired) electrons. The summed E-state index contributed by atoms with van der Waals surface area (Å²) in [6.45, 7) is 4.88. The van der Waals surface area contributed by atoms with Gasteiger partial charge < -0.3 is 9.47 Å². The van der Waals surface area contributed by atoms with Crippen LogP contribution in [0.5, 0.6) is 5.75 Å². The number of ether oxygens (including phenoxy) is 2. The third-order valence-electron chi connectivity index (χ3n) is 3.68. The Morgan fingerprint density at radius 2 is 1.81 bits per heavy atom. The predicted octanol–water partition coefficient (Wildman–Crippen LogP) is 3.83. The standard InChI is InChI=1S/C20H16O5S/c1-12(2)20(23)24-11-10-17(21)25-14-7-5-9-16-18(14)19(22)13-6-3-4-8-15(13)26-16/h3-9H,1,10-11H2,2H3. The molecule has 0 aliphatic rings. The molecule has 6 heteroatoms. The Balaban J connectivity index is 1.85. The van der Waals surface area contributed by atoms with Gasteiger partial charge in [0.05, 0.1) is 11.8 Å². The van der Waals surface area contributed by atoms with Gasteiger partial charge in [0.25, 0.3) is 0 Å². The first-order valence-electron chi connectivity index (χ1n) is 7.95. The Morgan fingerprint density at radius 3 is 2.58 bits per heavy atom. The Hall–Kier alpha value is -2.99. The van der Waals surface area contributed by atoms with Gasteiger partial charge in [-0.25, -0.2) is 4.79 Å². The van der Waals surface area contributed by atoms with E-state index >= 15 is 0 Å². The number of carbonyl (C=O) groups excluding carboxylic acids is 2. The number of hydrogen-bond acceptors (Lipinski definition) is 6. The average Bonchev–Trinajstić information content (AvgIpc) is 2.61. The van der Waals surface area contributed by atoms with Gasteiger partial charge in [0.2, 0.25) is 0 Å². The van der Waals surface area contributed by atoms with E-state index in [1.807, 2.05) is 18.2 Å². The highest BCUT2D eigenvalue weighted by Crippen LogP contribution is 2.30. The van der Waals surface area contributed by atoms with Crippen molar-refractivity contribution in [3.63, 3.8) is 0 Å². The van der Waals surface area contributed by atoms with Gasteiger partial charge in [-0.3, -0.25) is 9.59 Å². The third kappa shape index (κ3) is 3.65. The van der Waals surface area contributed by atoms with Crippen LogP contribution < -0.4 is 10.2 Å². The molecule has 2 aromatic carbocycles. The van der Waals surface area contributed by atoms with Crippen molar-refractivity contribution in [3.05, 3.63) is 64.8 Å². The first-order valence-corrected chi connectivity index (χ1v) is 8.77. The average molecular weight is 368 g/mol. The lowest BCUT2D eigenvalue weighted by Crippen LogP contribution is -2.15. The molecule has 132 valence electrons. The molecular formula is C20H16O5S. The van der Waals surface area contributed by atoms with Crippen LogP contribution in [0.1, 0.15) is 13.3 Å². The van der Waals surface area contributed by atoms with Gasteiger partial charge in [-0.05, 0) is 31.2 Å². The van der Waals surface area contributed by atoms with E-state index in [-0.39, 0.29) is 29.8 Å². The minimum Gasteiger partial charge on any atom is -0.462 e. The van der Waals surface area contributed by atoms with E-state index in [1.165, 1.54) is 18.3 Å². The van der Waals surface area contributed by atoms with Gasteiger partial charge in [0.1, 0.15) is 12.4 Å². The van der Waals surface area contributed by atoms with E-state index in [4.69, 9.17) is 9.47 Å². The second-order valence-corrected chi connectivity index (χ2v) is 6.78. The van der Waals surface area contributed by atoms with Crippen LogP contribution in [0.15, 0.2) is 59.4 Å². The van der Waals surface area contributed by atoms with Gasteiger partial charge in [-0.2, -0.15) is 0 Å². The predicted molar refractivity (Wildman–Crippen MR) is 102 cm³/mol. The number of carbonyl (C=O) groups is 2. The minimum absolute atomic E-state index is 0.106. The van der Waals surface area contributed by atoms with Crippen molar-refractivity contribution in [2.24, 2.45) is 0 Å². The Morgan fingerprint density at radius 1 is 1.08 bits per heavy atom. The molecule has 0 aliphatic heterocycles. The maximum atomic E-state index is 12.8. The summed E-state index contributed by atoms with van der Waals surface area (Å²) in [4.78, 5) is 36.2. The van der Waals surface area contributed by atoms with Crippen LogP contribution in [0.4, 0.5) is 0 Å². The summed E-state index contributed by atoms with van der Waals surface area (Å²) in [6.07, 6.45) is -0.111. The Labute approximate surface area is 153 Å². The third-order valence-corrected chi connectivity index (χ3v) is 4.81. The molecule has 0 aliphatic carbocycles. The van der Waals surface area contributed by atoms with Crippen LogP contribution in [-0.2, 0) is 14.3 Å². The fourth-order valence-corrected chi connectivity index (χ4v) is 3.52. The molecule has 3 rings (SSSR count). The van der Waals surface area contributed by atoms with Crippen molar-refractivity contribution >= 4 is 43.4 Å². The first-order chi connectivity index (χ1) is 12.5. The van der Waals surface area contributed by atoms with Crippen molar-refractivity contribution in [2.45, 2.75) is 13.3 Å². The SMILES string of the molecule is C=C(C)C(=O)OCCC(=O)Oc1cccc2sc3ccccc3c(=O)c12. The lowest BCUT2D eigenvalue weighted by molar-refractivity contribution is -0.142. The number of fused-ring (bicyclic) bond motifs is 2.